The van der Waals surface area contributed by atoms with Crippen molar-refractivity contribution < 1.29 is 49.4 Å². The highest BCUT2D eigenvalue weighted by Crippen LogP contribution is 2.52. The SMILES string of the molecule is CCC(=O)[C@]1(O)Cc2c(O)c3c(c(O)c2[C@@H](O[C@H]2C[C@@H](N)[C@H](O)C(C)O2)C1)C(=O)c1c(CO)cccc1C3=O. The number of aliphatic hydroxyl groups excluding tert-OH is 2. The highest BCUT2D eigenvalue weighted by atomic mass is 16.7. The molecule has 0 radical (unpaired) electrons. The minimum atomic E-state index is -2.00. The maximum atomic E-state index is 13.6. The molecular weight excluding hydrogens is 510 g/mol. The van der Waals surface area contributed by atoms with Crippen molar-refractivity contribution in [3.05, 3.63) is 57.1 Å². The quantitative estimate of drug-likeness (QED) is 0.251. The molecule has 1 unspecified atom stereocenters. The second kappa shape index (κ2) is 9.77. The molecule has 2 aromatic carbocycles. The molecule has 6 atom stereocenters. The summed E-state index contributed by atoms with van der Waals surface area (Å²) < 4.78 is 11.8. The number of ether oxygens (including phenoxy) is 2. The molecule has 11 heteroatoms. The van der Waals surface area contributed by atoms with Crippen LogP contribution in [0.5, 0.6) is 11.5 Å². The van der Waals surface area contributed by atoms with Gasteiger partial charge in [-0.25, -0.2) is 0 Å². The number of hydrogen-bond acceptors (Lipinski definition) is 11. The van der Waals surface area contributed by atoms with Gasteiger partial charge in [-0.05, 0) is 12.5 Å². The molecular formula is C28H31NO10. The fraction of sp³-hybridized carbons (Fsp3) is 0.464. The fourth-order valence-corrected chi connectivity index (χ4v) is 6.00. The van der Waals surface area contributed by atoms with Crippen LogP contribution in [0.15, 0.2) is 18.2 Å². The van der Waals surface area contributed by atoms with Crippen LogP contribution in [-0.4, -0.2) is 73.0 Å². The van der Waals surface area contributed by atoms with E-state index in [-0.39, 0.29) is 47.1 Å². The van der Waals surface area contributed by atoms with Gasteiger partial charge < -0.3 is 40.7 Å². The molecule has 0 saturated carbocycles. The van der Waals surface area contributed by atoms with E-state index in [1.165, 1.54) is 18.2 Å². The smallest absolute Gasteiger partial charge is 0.198 e. The fourth-order valence-electron chi connectivity index (χ4n) is 6.00. The van der Waals surface area contributed by atoms with E-state index in [9.17, 15) is 39.9 Å². The third-order valence-corrected chi connectivity index (χ3v) is 8.06. The zero-order chi connectivity index (χ0) is 28.4. The van der Waals surface area contributed by atoms with E-state index < -0.39 is 89.2 Å². The highest BCUT2D eigenvalue weighted by Gasteiger charge is 2.49. The molecule has 39 heavy (non-hydrogen) atoms. The molecule has 7 N–H and O–H groups in total. The van der Waals surface area contributed by atoms with Crippen molar-refractivity contribution in [2.75, 3.05) is 0 Å². The van der Waals surface area contributed by atoms with E-state index >= 15 is 0 Å². The molecule has 1 fully saturated rings. The summed E-state index contributed by atoms with van der Waals surface area (Å²) in [7, 11) is 0. The maximum Gasteiger partial charge on any atom is 0.198 e. The zero-order valence-electron chi connectivity index (χ0n) is 21.5. The lowest BCUT2D eigenvalue weighted by Crippen LogP contribution is -2.52. The van der Waals surface area contributed by atoms with Crippen molar-refractivity contribution in [3.8, 4) is 11.5 Å². The molecule has 0 amide bonds. The van der Waals surface area contributed by atoms with E-state index in [4.69, 9.17) is 15.2 Å². The van der Waals surface area contributed by atoms with Crippen molar-refractivity contribution in [2.45, 2.75) is 82.4 Å². The normalized spacial score (nSPS) is 29.9. The Morgan fingerprint density at radius 2 is 1.85 bits per heavy atom. The Bertz CT molecular complexity index is 1380. The van der Waals surface area contributed by atoms with E-state index in [2.05, 4.69) is 0 Å². The van der Waals surface area contributed by atoms with Crippen LogP contribution < -0.4 is 5.73 Å². The topological polar surface area (TPSA) is 197 Å². The van der Waals surface area contributed by atoms with Crippen molar-refractivity contribution in [1.29, 1.82) is 0 Å². The van der Waals surface area contributed by atoms with Crippen LogP contribution in [-0.2, 0) is 27.3 Å². The molecule has 3 aliphatic rings. The molecule has 0 aromatic heterocycles. The van der Waals surface area contributed by atoms with Gasteiger partial charge in [0, 0.05) is 54.0 Å². The lowest BCUT2D eigenvalue weighted by molar-refractivity contribution is -0.247. The first-order valence-electron chi connectivity index (χ1n) is 12.9. The first kappa shape index (κ1) is 27.4. The van der Waals surface area contributed by atoms with Gasteiger partial charge in [-0.3, -0.25) is 14.4 Å². The van der Waals surface area contributed by atoms with Crippen LogP contribution in [0.1, 0.15) is 87.7 Å². The molecule has 2 aromatic rings. The average molecular weight is 542 g/mol. The Morgan fingerprint density at radius 1 is 1.15 bits per heavy atom. The van der Waals surface area contributed by atoms with Gasteiger partial charge in [0.2, 0.25) is 0 Å². The minimum Gasteiger partial charge on any atom is -0.507 e. The number of phenols is 2. The summed E-state index contributed by atoms with van der Waals surface area (Å²) in [5.74, 6) is -3.32. The van der Waals surface area contributed by atoms with Crippen molar-refractivity contribution in [3.63, 3.8) is 0 Å². The van der Waals surface area contributed by atoms with E-state index in [0.29, 0.717) is 0 Å². The first-order chi connectivity index (χ1) is 18.4. The number of ketones is 3. The molecule has 208 valence electrons. The lowest BCUT2D eigenvalue weighted by atomic mass is 9.71. The summed E-state index contributed by atoms with van der Waals surface area (Å²) in [4.78, 5) is 40.0. The number of rotatable bonds is 5. The van der Waals surface area contributed by atoms with Crippen molar-refractivity contribution in [2.24, 2.45) is 5.73 Å². The van der Waals surface area contributed by atoms with E-state index in [1.807, 2.05) is 0 Å². The number of phenolic OH excluding ortho intramolecular Hbond substituents is 2. The van der Waals surface area contributed by atoms with Crippen LogP contribution in [0.4, 0.5) is 0 Å². The Kier molecular flexibility index (Phi) is 6.86. The lowest BCUT2D eigenvalue weighted by Gasteiger charge is -2.42. The monoisotopic (exact) mass is 541 g/mol. The van der Waals surface area contributed by atoms with Gasteiger partial charge >= 0.3 is 0 Å². The summed E-state index contributed by atoms with van der Waals surface area (Å²) in [5, 5.41) is 54.2. The van der Waals surface area contributed by atoms with Crippen LogP contribution in [0, 0.1) is 0 Å². The summed E-state index contributed by atoms with van der Waals surface area (Å²) in [6.07, 6.45) is -4.63. The van der Waals surface area contributed by atoms with E-state index in [1.54, 1.807) is 13.8 Å². The number of aliphatic hydroxyl groups is 3. The zero-order valence-corrected chi connectivity index (χ0v) is 21.5. The summed E-state index contributed by atoms with van der Waals surface area (Å²) in [6.45, 7) is 2.64. The summed E-state index contributed by atoms with van der Waals surface area (Å²) in [6, 6.07) is 3.66. The van der Waals surface area contributed by atoms with Crippen molar-refractivity contribution >= 4 is 17.3 Å². The Balaban J connectivity index is 1.69. The van der Waals surface area contributed by atoms with Gasteiger partial charge in [-0.15, -0.1) is 0 Å². The number of aromatic hydroxyl groups is 2. The Labute approximate surface area is 223 Å². The number of hydrogen-bond donors (Lipinski definition) is 6. The third-order valence-electron chi connectivity index (χ3n) is 8.06. The molecule has 1 saturated heterocycles. The Hall–Kier alpha value is -3.19. The van der Waals surface area contributed by atoms with Gasteiger partial charge in [-0.1, -0.05) is 25.1 Å². The predicted octanol–water partition coefficient (Wildman–Crippen LogP) is 0.903. The number of carbonyl (C=O) groups is 3. The van der Waals surface area contributed by atoms with E-state index in [0.717, 1.165) is 0 Å². The number of nitrogens with two attached hydrogens (primary N) is 1. The van der Waals surface area contributed by atoms with Crippen LogP contribution in [0.2, 0.25) is 0 Å². The second-order valence-electron chi connectivity index (χ2n) is 10.5. The molecule has 1 aliphatic heterocycles. The van der Waals surface area contributed by atoms with Gasteiger partial charge in [0.05, 0.1) is 36.0 Å². The number of benzene rings is 2. The Morgan fingerprint density at radius 3 is 2.49 bits per heavy atom. The van der Waals surface area contributed by atoms with Crippen LogP contribution in [0.25, 0.3) is 0 Å². The number of carbonyl (C=O) groups excluding carboxylic acids is 3. The summed E-state index contributed by atoms with van der Waals surface area (Å²) >= 11 is 0. The molecule has 11 nitrogen and oxygen atoms in total. The molecule has 0 spiro atoms. The second-order valence-corrected chi connectivity index (χ2v) is 10.5. The van der Waals surface area contributed by atoms with Gasteiger partial charge in [-0.2, -0.15) is 0 Å². The molecule has 2 aliphatic carbocycles. The third kappa shape index (κ3) is 4.17. The number of fused-ring (bicyclic) bond motifs is 3. The van der Waals surface area contributed by atoms with Crippen LogP contribution in [0.3, 0.4) is 0 Å². The first-order valence-corrected chi connectivity index (χ1v) is 12.9. The van der Waals surface area contributed by atoms with Crippen LogP contribution >= 0.6 is 0 Å². The average Bonchev–Trinajstić information content (AvgIpc) is 2.90. The maximum absolute atomic E-state index is 13.6. The molecule has 5 rings (SSSR count). The predicted molar refractivity (Wildman–Crippen MR) is 134 cm³/mol. The standard InChI is InChI=1S/C28H31NO10/c1-3-17(31)28(37)8-14-20(16(9-28)39-18-7-15(29)23(32)11(2)38-18)27(36)22-21(25(14)34)24(33)13-6-4-5-12(10-30)19(13)26(22)35/h4-6,11,15-16,18,23,30,32,34,36-37H,3,7-10,29H2,1-2H3/t11?,15-,16+,18+,23-,28+/m1/s1. The molecule has 0 bridgehead atoms. The van der Waals surface area contributed by atoms with Gasteiger partial charge in [0.15, 0.2) is 23.6 Å². The largest absolute Gasteiger partial charge is 0.507 e. The number of Topliss-reactive ketones (excluding diaryl/α,β-unsaturated/α-hetero) is 1. The highest BCUT2D eigenvalue weighted by molar-refractivity contribution is 6.31. The summed E-state index contributed by atoms with van der Waals surface area (Å²) in [5.41, 5.74) is 3.03. The van der Waals surface area contributed by atoms with Gasteiger partial charge in [0.1, 0.15) is 17.1 Å². The van der Waals surface area contributed by atoms with Crippen molar-refractivity contribution in [1.82, 2.24) is 0 Å². The minimum absolute atomic E-state index is 0.0288. The van der Waals surface area contributed by atoms with Gasteiger partial charge in [0.25, 0.3) is 0 Å². The molecule has 1 heterocycles.